The van der Waals surface area contributed by atoms with E-state index in [0.29, 0.717) is 18.9 Å². The molecule has 1 unspecified atom stereocenters. The largest absolute Gasteiger partial charge is 0.340 e. The Bertz CT molecular complexity index is 225. The molecule has 0 aromatic rings. The molecule has 0 aromatic heterocycles. The molecule has 1 aliphatic heterocycles. The van der Waals surface area contributed by atoms with Crippen molar-refractivity contribution >= 4 is 11.7 Å². The summed E-state index contributed by atoms with van der Waals surface area (Å²) in [6.45, 7) is 4.50. The lowest BCUT2D eigenvalue weighted by Crippen LogP contribution is -2.42. The first-order valence-corrected chi connectivity index (χ1v) is 5.40. The van der Waals surface area contributed by atoms with Crippen LogP contribution in [0, 0.1) is 0 Å². The first kappa shape index (κ1) is 11.2. The van der Waals surface area contributed by atoms with E-state index in [2.05, 4.69) is 6.92 Å². The molecular weight excluding hydrogens is 178 g/mol. The van der Waals surface area contributed by atoms with E-state index in [0.717, 1.165) is 19.4 Å². The standard InChI is InChI=1S/C11H19NO2/c1-9-5-3-4-8-12(9)11(14)7-6-10(2)13/h9H,3-8H2,1-2H3. The Hall–Kier alpha value is -0.860. The number of carbonyl (C=O) groups is 2. The van der Waals surface area contributed by atoms with E-state index in [-0.39, 0.29) is 11.7 Å². The molecule has 3 heteroatoms. The van der Waals surface area contributed by atoms with E-state index in [4.69, 9.17) is 0 Å². The number of hydrogen-bond acceptors (Lipinski definition) is 2. The van der Waals surface area contributed by atoms with Crippen LogP contribution in [-0.4, -0.2) is 29.2 Å². The van der Waals surface area contributed by atoms with Crippen LogP contribution < -0.4 is 0 Å². The minimum absolute atomic E-state index is 0.100. The van der Waals surface area contributed by atoms with Crippen LogP contribution in [0.1, 0.15) is 46.0 Å². The highest BCUT2D eigenvalue weighted by Crippen LogP contribution is 2.17. The molecule has 1 saturated heterocycles. The molecule has 3 nitrogen and oxygen atoms in total. The molecule has 0 aromatic carbocycles. The lowest BCUT2D eigenvalue weighted by atomic mass is 10.0. The average Bonchev–Trinajstić information content (AvgIpc) is 2.15. The molecule has 0 radical (unpaired) electrons. The van der Waals surface area contributed by atoms with Crippen molar-refractivity contribution in [3.63, 3.8) is 0 Å². The van der Waals surface area contributed by atoms with Crippen LogP contribution in [0.2, 0.25) is 0 Å². The Morgan fingerprint density at radius 1 is 1.29 bits per heavy atom. The first-order chi connectivity index (χ1) is 6.61. The van der Waals surface area contributed by atoms with E-state index in [9.17, 15) is 9.59 Å². The SMILES string of the molecule is CC(=O)CCC(=O)N1CCCCC1C. The number of hydrogen-bond donors (Lipinski definition) is 0. The Labute approximate surface area is 85.5 Å². The van der Waals surface area contributed by atoms with Crippen LogP contribution in [0.4, 0.5) is 0 Å². The lowest BCUT2D eigenvalue weighted by Gasteiger charge is -2.33. The van der Waals surface area contributed by atoms with Gasteiger partial charge in [0.1, 0.15) is 5.78 Å². The third kappa shape index (κ3) is 3.13. The fraction of sp³-hybridized carbons (Fsp3) is 0.818. The smallest absolute Gasteiger partial charge is 0.223 e. The highest BCUT2D eigenvalue weighted by atomic mass is 16.2. The van der Waals surface area contributed by atoms with Crippen LogP contribution >= 0.6 is 0 Å². The van der Waals surface area contributed by atoms with E-state index in [1.54, 1.807) is 0 Å². The molecule has 1 fully saturated rings. The summed E-state index contributed by atoms with van der Waals surface area (Å²) in [6, 6.07) is 0.364. The van der Waals surface area contributed by atoms with Gasteiger partial charge in [-0.05, 0) is 33.1 Å². The number of piperidine rings is 1. The number of carbonyl (C=O) groups excluding carboxylic acids is 2. The van der Waals surface area contributed by atoms with Crippen LogP contribution in [-0.2, 0) is 9.59 Å². The van der Waals surface area contributed by atoms with Gasteiger partial charge in [-0.25, -0.2) is 0 Å². The van der Waals surface area contributed by atoms with Crippen molar-refractivity contribution in [2.45, 2.75) is 52.0 Å². The molecule has 1 atom stereocenters. The second-order valence-electron chi connectivity index (χ2n) is 4.13. The van der Waals surface area contributed by atoms with Crippen molar-refractivity contribution in [2.24, 2.45) is 0 Å². The van der Waals surface area contributed by atoms with Crippen molar-refractivity contribution in [3.8, 4) is 0 Å². The molecule has 14 heavy (non-hydrogen) atoms. The summed E-state index contributed by atoms with van der Waals surface area (Å²) in [5, 5.41) is 0. The predicted octanol–water partition coefficient (Wildman–Crippen LogP) is 1.76. The van der Waals surface area contributed by atoms with Crippen molar-refractivity contribution in [3.05, 3.63) is 0 Å². The van der Waals surface area contributed by atoms with Crippen LogP contribution in [0.3, 0.4) is 0 Å². The molecule has 80 valence electrons. The Balaban J connectivity index is 2.38. The monoisotopic (exact) mass is 197 g/mol. The predicted molar refractivity (Wildman–Crippen MR) is 54.9 cm³/mol. The maximum Gasteiger partial charge on any atom is 0.223 e. The minimum atomic E-state index is 0.100. The third-order valence-electron chi connectivity index (χ3n) is 2.81. The molecule has 1 heterocycles. The molecule has 0 bridgehead atoms. The quantitative estimate of drug-likeness (QED) is 0.691. The number of Topliss-reactive ketones (excluding diaryl/α,β-unsaturated/α-hetero) is 1. The zero-order valence-electron chi connectivity index (χ0n) is 9.08. The zero-order chi connectivity index (χ0) is 10.6. The number of amides is 1. The fourth-order valence-electron chi connectivity index (χ4n) is 1.90. The normalized spacial score (nSPS) is 22.1. The van der Waals surface area contributed by atoms with Crippen LogP contribution in [0.25, 0.3) is 0 Å². The average molecular weight is 197 g/mol. The van der Waals surface area contributed by atoms with Crippen LogP contribution in [0.5, 0.6) is 0 Å². The second kappa shape index (κ2) is 5.13. The summed E-state index contributed by atoms with van der Waals surface area (Å²) < 4.78 is 0. The number of likely N-dealkylation sites (tertiary alicyclic amines) is 1. The van der Waals surface area contributed by atoms with E-state index in [1.165, 1.54) is 13.3 Å². The summed E-state index contributed by atoms with van der Waals surface area (Å²) in [7, 11) is 0. The van der Waals surface area contributed by atoms with E-state index >= 15 is 0 Å². The zero-order valence-corrected chi connectivity index (χ0v) is 9.08. The first-order valence-electron chi connectivity index (χ1n) is 5.40. The third-order valence-corrected chi connectivity index (χ3v) is 2.81. The minimum Gasteiger partial charge on any atom is -0.340 e. The van der Waals surface area contributed by atoms with Gasteiger partial charge in [-0.1, -0.05) is 0 Å². The molecule has 0 aliphatic carbocycles. The van der Waals surface area contributed by atoms with Crippen molar-refractivity contribution in [1.29, 1.82) is 0 Å². The van der Waals surface area contributed by atoms with Gasteiger partial charge in [0.2, 0.25) is 5.91 Å². The van der Waals surface area contributed by atoms with Gasteiger partial charge in [-0.2, -0.15) is 0 Å². The van der Waals surface area contributed by atoms with Crippen molar-refractivity contribution in [1.82, 2.24) is 4.90 Å². The maximum absolute atomic E-state index is 11.7. The van der Waals surface area contributed by atoms with Gasteiger partial charge in [-0.3, -0.25) is 4.79 Å². The summed E-state index contributed by atoms with van der Waals surface area (Å²) >= 11 is 0. The lowest BCUT2D eigenvalue weighted by molar-refractivity contribution is -0.135. The summed E-state index contributed by atoms with van der Waals surface area (Å²) in [6.07, 6.45) is 4.21. The topological polar surface area (TPSA) is 37.4 Å². The highest BCUT2D eigenvalue weighted by Gasteiger charge is 2.22. The molecular formula is C11H19NO2. The van der Waals surface area contributed by atoms with Crippen molar-refractivity contribution < 1.29 is 9.59 Å². The molecule has 0 N–H and O–H groups in total. The number of ketones is 1. The number of nitrogens with zero attached hydrogens (tertiary/aromatic N) is 1. The van der Waals surface area contributed by atoms with E-state index in [1.807, 2.05) is 4.90 Å². The van der Waals surface area contributed by atoms with Crippen LogP contribution in [0.15, 0.2) is 0 Å². The van der Waals surface area contributed by atoms with E-state index < -0.39 is 0 Å². The van der Waals surface area contributed by atoms with Crippen molar-refractivity contribution in [2.75, 3.05) is 6.54 Å². The molecule has 1 aliphatic rings. The molecule has 1 amide bonds. The molecule has 0 saturated carbocycles. The fourth-order valence-corrected chi connectivity index (χ4v) is 1.90. The Morgan fingerprint density at radius 3 is 2.57 bits per heavy atom. The van der Waals surface area contributed by atoms with Gasteiger partial charge in [-0.15, -0.1) is 0 Å². The number of rotatable bonds is 3. The molecule has 0 spiro atoms. The Kier molecular flexibility index (Phi) is 4.11. The highest BCUT2D eigenvalue weighted by molar-refractivity contribution is 5.83. The second-order valence-corrected chi connectivity index (χ2v) is 4.13. The maximum atomic E-state index is 11.7. The summed E-state index contributed by atoms with van der Waals surface area (Å²) in [5.41, 5.74) is 0. The van der Waals surface area contributed by atoms with Gasteiger partial charge in [0, 0.05) is 25.4 Å². The summed E-state index contributed by atoms with van der Waals surface area (Å²) in [5.74, 6) is 0.246. The Morgan fingerprint density at radius 2 is 2.00 bits per heavy atom. The van der Waals surface area contributed by atoms with Gasteiger partial charge in [0.25, 0.3) is 0 Å². The van der Waals surface area contributed by atoms with Gasteiger partial charge < -0.3 is 9.69 Å². The van der Waals surface area contributed by atoms with Gasteiger partial charge >= 0.3 is 0 Å². The molecule has 1 rings (SSSR count). The van der Waals surface area contributed by atoms with Gasteiger partial charge in [0.05, 0.1) is 0 Å². The summed E-state index contributed by atoms with van der Waals surface area (Å²) in [4.78, 5) is 24.4. The van der Waals surface area contributed by atoms with Gasteiger partial charge in [0.15, 0.2) is 0 Å².